The van der Waals surface area contributed by atoms with Crippen LogP contribution >= 0.6 is 0 Å². The minimum Gasteiger partial charge on any atom is -0.480 e. The van der Waals surface area contributed by atoms with E-state index in [9.17, 15) is 14.7 Å². The second kappa shape index (κ2) is 5.63. The van der Waals surface area contributed by atoms with E-state index in [0.29, 0.717) is 13.2 Å². The van der Waals surface area contributed by atoms with Crippen LogP contribution in [0.5, 0.6) is 0 Å². The summed E-state index contributed by atoms with van der Waals surface area (Å²) in [6, 6.07) is 8.50. The van der Waals surface area contributed by atoms with Gasteiger partial charge in [0.1, 0.15) is 0 Å². The molecule has 0 aliphatic carbocycles. The molecular formula is C15H19NO4. The van der Waals surface area contributed by atoms with Gasteiger partial charge in [0.05, 0.1) is 18.6 Å². The Kier molecular flexibility index (Phi) is 4.09. The van der Waals surface area contributed by atoms with Crippen LogP contribution < -0.4 is 0 Å². The van der Waals surface area contributed by atoms with Crippen LogP contribution in [0.1, 0.15) is 19.4 Å². The average Bonchev–Trinajstić information content (AvgIpc) is 2.47. The molecule has 20 heavy (non-hydrogen) atoms. The summed E-state index contributed by atoms with van der Waals surface area (Å²) in [6.45, 7) is 4.37. The van der Waals surface area contributed by atoms with Crippen molar-refractivity contribution >= 4 is 11.9 Å². The molecule has 1 aromatic carbocycles. The van der Waals surface area contributed by atoms with E-state index in [1.807, 2.05) is 44.2 Å². The fourth-order valence-electron chi connectivity index (χ4n) is 2.39. The van der Waals surface area contributed by atoms with E-state index >= 15 is 0 Å². The summed E-state index contributed by atoms with van der Waals surface area (Å²) < 4.78 is 5.17. The summed E-state index contributed by atoms with van der Waals surface area (Å²) in [5.74, 6) is -1.21. The Bertz CT molecular complexity index is 498. The van der Waals surface area contributed by atoms with Gasteiger partial charge in [-0.1, -0.05) is 30.3 Å². The Labute approximate surface area is 118 Å². The number of amides is 1. The highest BCUT2D eigenvalue weighted by Gasteiger charge is 2.40. The Morgan fingerprint density at radius 2 is 1.95 bits per heavy atom. The van der Waals surface area contributed by atoms with Crippen molar-refractivity contribution in [1.29, 1.82) is 0 Å². The fourth-order valence-corrected chi connectivity index (χ4v) is 2.39. The van der Waals surface area contributed by atoms with E-state index < -0.39 is 17.4 Å². The zero-order valence-electron chi connectivity index (χ0n) is 11.7. The van der Waals surface area contributed by atoms with Crippen molar-refractivity contribution in [2.45, 2.75) is 25.3 Å². The molecule has 1 atom stereocenters. The number of carboxylic acid groups (broad SMARTS) is 1. The molecule has 1 aliphatic rings. The third-order valence-corrected chi connectivity index (χ3v) is 3.70. The van der Waals surface area contributed by atoms with Gasteiger partial charge < -0.3 is 14.7 Å². The minimum absolute atomic E-state index is 0.0476. The van der Waals surface area contributed by atoms with E-state index in [-0.39, 0.29) is 12.5 Å². The quantitative estimate of drug-likeness (QED) is 0.903. The summed E-state index contributed by atoms with van der Waals surface area (Å²) >= 11 is 0. The number of ether oxygens (including phenoxy) is 1. The lowest BCUT2D eigenvalue weighted by Crippen LogP contribution is -2.56. The second-order valence-electron chi connectivity index (χ2n) is 5.42. The molecule has 1 unspecified atom stereocenters. The van der Waals surface area contributed by atoms with Crippen LogP contribution in [0.25, 0.3) is 0 Å². The number of hydrogen-bond donors (Lipinski definition) is 1. The molecule has 2 rings (SSSR count). The van der Waals surface area contributed by atoms with Gasteiger partial charge in [-0.05, 0) is 19.4 Å². The van der Waals surface area contributed by atoms with Crippen LogP contribution in [-0.2, 0) is 19.7 Å². The number of benzene rings is 1. The largest absolute Gasteiger partial charge is 0.480 e. The summed E-state index contributed by atoms with van der Waals surface area (Å²) in [5, 5.41) is 9.22. The molecule has 1 heterocycles. The monoisotopic (exact) mass is 277 g/mol. The number of aliphatic carboxylic acids is 1. The smallest absolute Gasteiger partial charge is 0.328 e. The molecule has 1 aliphatic heterocycles. The Morgan fingerprint density at radius 1 is 1.30 bits per heavy atom. The molecule has 0 aromatic heterocycles. The van der Waals surface area contributed by atoms with Crippen LogP contribution in [0.15, 0.2) is 30.3 Å². The maximum absolute atomic E-state index is 12.7. The predicted molar refractivity (Wildman–Crippen MR) is 73.4 cm³/mol. The maximum atomic E-state index is 12.7. The first kappa shape index (κ1) is 14.5. The van der Waals surface area contributed by atoms with Crippen molar-refractivity contribution in [2.75, 3.05) is 19.8 Å². The van der Waals surface area contributed by atoms with Gasteiger partial charge in [0.25, 0.3) is 0 Å². The van der Waals surface area contributed by atoms with E-state index in [1.165, 1.54) is 4.90 Å². The standard InChI is InChI=1S/C15H19NO4/c1-15(2,11-6-4-3-5-7-11)14(19)16-8-9-20-10-12(16)13(17)18/h3-7,12H,8-10H2,1-2H3,(H,17,18). The molecule has 0 bridgehead atoms. The molecule has 1 amide bonds. The minimum atomic E-state index is -1.03. The van der Waals surface area contributed by atoms with Crippen molar-refractivity contribution in [3.8, 4) is 0 Å². The fraction of sp³-hybridized carbons (Fsp3) is 0.467. The molecule has 1 saturated heterocycles. The highest BCUT2D eigenvalue weighted by Crippen LogP contribution is 2.27. The number of nitrogens with zero attached hydrogens (tertiary/aromatic N) is 1. The number of carboxylic acids is 1. The Balaban J connectivity index is 2.27. The zero-order valence-corrected chi connectivity index (χ0v) is 11.7. The predicted octanol–water partition coefficient (Wildman–Crippen LogP) is 1.28. The lowest BCUT2D eigenvalue weighted by molar-refractivity contribution is -0.160. The normalized spacial score (nSPS) is 19.7. The van der Waals surface area contributed by atoms with E-state index in [0.717, 1.165) is 5.56 Å². The van der Waals surface area contributed by atoms with Crippen molar-refractivity contribution in [3.63, 3.8) is 0 Å². The van der Waals surface area contributed by atoms with Gasteiger partial charge in [-0.15, -0.1) is 0 Å². The molecular weight excluding hydrogens is 258 g/mol. The molecule has 108 valence electrons. The third kappa shape index (κ3) is 2.67. The molecule has 5 nitrogen and oxygen atoms in total. The summed E-state index contributed by atoms with van der Waals surface area (Å²) in [7, 11) is 0. The summed E-state index contributed by atoms with van der Waals surface area (Å²) in [4.78, 5) is 25.4. The number of morpholine rings is 1. The Hall–Kier alpha value is -1.88. The topological polar surface area (TPSA) is 66.8 Å². The first-order chi connectivity index (χ1) is 9.44. The number of carbonyl (C=O) groups excluding carboxylic acids is 1. The van der Waals surface area contributed by atoms with Crippen molar-refractivity contribution in [3.05, 3.63) is 35.9 Å². The van der Waals surface area contributed by atoms with Crippen LogP contribution in [0.2, 0.25) is 0 Å². The van der Waals surface area contributed by atoms with Gasteiger partial charge >= 0.3 is 5.97 Å². The first-order valence-electron chi connectivity index (χ1n) is 6.61. The molecule has 0 radical (unpaired) electrons. The Morgan fingerprint density at radius 3 is 2.55 bits per heavy atom. The first-order valence-corrected chi connectivity index (χ1v) is 6.61. The van der Waals surface area contributed by atoms with Crippen molar-refractivity contribution in [1.82, 2.24) is 4.90 Å². The van der Waals surface area contributed by atoms with Gasteiger partial charge in [0, 0.05) is 6.54 Å². The second-order valence-corrected chi connectivity index (χ2v) is 5.42. The van der Waals surface area contributed by atoms with E-state index in [2.05, 4.69) is 0 Å². The number of carbonyl (C=O) groups is 2. The lowest BCUT2D eigenvalue weighted by atomic mass is 9.82. The van der Waals surface area contributed by atoms with E-state index in [4.69, 9.17) is 4.74 Å². The van der Waals surface area contributed by atoms with E-state index in [1.54, 1.807) is 0 Å². The summed E-state index contributed by atoms with van der Waals surface area (Å²) in [5.41, 5.74) is 0.118. The molecule has 0 saturated carbocycles. The molecule has 1 aromatic rings. The highest BCUT2D eigenvalue weighted by molar-refractivity contribution is 5.91. The molecule has 1 N–H and O–H groups in total. The highest BCUT2D eigenvalue weighted by atomic mass is 16.5. The van der Waals surface area contributed by atoms with Gasteiger partial charge in [-0.3, -0.25) is 4.79 Å². The van der Waals surface area contributed by atoms with Crippen molar-refractivity contribution in [2.24, 2.45) is 0 Å². The van der Waals surface area contributed by atoms with Gasteiger partial charge in [-0.25, -0.2) is 4.79 Å². The van der Waals surface area contributed by atoms with Crippen LogP contribution in [0, 0.1) is 0 Å². The third-order valence-electron chi connectivity index (χ3n) is 3.70. The van der Waals surface area contributed by atoms with Gasteiger partial charge in [-0.2, -0.15) is 0 Å². The number of rotatable bonds is 3. The van der Waals surface area contributed by atoms with Gasteiger partial charge in [0.15, 0.2) is 6.04 Å². The molecule has 1 fully saturated rings. The lowest BCUT2D eigenvalue weighted by Gasteiger charge is -2.38. The van der Waals surface area contributed by atoms with Crippen LogP contribution in [0.4, 0.5) is 0 Å². The maximum Gasteiger partial charge on any atom is 0.328 e. The average molecular weight is 277 g/mol. The molecule has 0 spiro atoms. The zero-order chi connectivity index (χ0) is 14.8. The summed E-state index contributed by atoms with van der Waals surface area (Å²) in [6.07, 6.45) is 0. The van der Waals surface area contributed by atoms with Gasteiger partial charge in [0.2, 0.25) is 5.91 Å². The SMILES string of the molecule is CC(C)(C(=O)N1CCOCC1C(=O)O)c1ccccc1. The van der Waals surface area contributed by atoms with Crippen LogP contribution in [-0.4, -0.2) is 47.7 Å². The molecule has 5 heteroatoms. The van der Waals surface area contributed by atoms with Crippen molar-refractivity contribution < 1.29 is 19.4 Å². The number of hydrogen-bond acceptors (Lipinski definition) is 3. The van der Waals surface area contributed by atoms with Crippen LogP contribution in [0.3, 0.4) is 0 Å².